The average molecular weight is 300 g/mol. The van der Waals surface area contributed by atoms with Crippen molar-refractivity contribution in [3.05, 3.63) is 70.2 Å². The van der Waals surface area contributed by atoms with Crippen LogP contribution in [0.3, 0.4) is 0 Å². The van der Waals surface area contributed by atoms with Crippen LogP contribution in [0.25, 0.3) is 0 Å². The molecule has 2 atom stereocenters. The summed E-state index contributed by atoms with van der Waals surface area (Å²) < 4.78 is 0. The summed E-state index contributed by atoms with van der Waals surface area (Å²) in [5.74, 6) is 0.780. The summed E-state index contributed by atoms with van der Waals surface area (Å²) in [5, 5.41) is 4.60. The summed E-state index contributed by atoms with van der Waals surface area (Å²) in [6.45, 7) is 4.37. The number of hydrogen-bond donors (Lipinski definition) is 1. The van der Waals surface area contributed by atoms with Crippen molar-refractivity contribution in [3.63, 3.8) is 0 Å². The second-order valence-electron chi connectivity index (χ2n) is 6.17. The summed E-state index contributed by atoms with van der Waals surface area (Å²) in [5.41, 5.74) is 4.01. The maximum absolute atomic E-state index is 5.97. The van der Waals surface area contributed by atoms with Crippen LogP contribution < -0.4 is 5.32 Å². The Kier molecular flexibility index (Phi) is 4.32. The number of halogens is 1. The molecule has 0 aromatic heterocycles. The lowest BCUT2D eigenvalue weighted by molar-refractivity contribution is 0.427. The summed E-state index contributed by atoms with van der Waals surface area (Å²) in [4.78, 5) is 0. The van der Waals surface area contributed by atoms with Gasteiger partial charge in [0.15, 0.2) is 0 Å². The molecule has 0 spiro atoms. The first-order valence-electron chi connectivity index (χ1n) is 7.71. The van der Waals surface area contributed by atoms with E-state index in [1.807, 2.05) is 12.1 Å². The lowest BCUT2D eigenvalue weighted by Crippen LogP contribution is -2.26. The monoisotopic (exact) mass is 299 g/mol. The van der Waals surface area contributed by atoms with Crippen LogP contribution in [0.4, 0.5) is 0 Å². The third kappa shape index (κ3) is 3.66. The molecule has 1 nitrogen and oxygen atoms in total. The molecule has 1 aliphatic rings. The van der Waals surface area contributed by atoms with Crippen molar-refractivity contribution in [2.75, 3.05) is 0 Å². The van der Waals surface area contributed by atoms with Crippen LogP contribution in [-0.2, 0) is 0 Å². The van der Waals surface area contributed by atoms with E-state index in [1.54, 1.807) is 0 Å². The van der Waals surface area contributed by atoms with Gasteiger partial charge in [-0.1, -0.05) is 53.6 Å². The Bertz CT molecular complexity index is 584. The standard InChI is InChI=1S/C19H22ClN/c1-13-3-5-16(6-4-13)19(17-7-8-17)21-14(2)15-9-11-18(20)12-10-15/h3-6,9-12,14,17,19,21H,7-8H2,1-2H3/t14-,19?/m0/s1. The van der Waals surface area contributed by atoms with Crippen LogP contribution in [0.5, 0.6) is 0 Å². The number of hydrogen-bond acceptors (Lipinski definition) is 1. The fourth-order valence-electron chi connectivity index (χ4n) is 2.82. The third-order valence-corrected chi connectivity index (χ3v) is 4.58. The van der Waals surface area contributed by atoms with E-state index in [0.717, 1.165) is 10.9 Å². The zero-order valence-corrected chi connectivity index (χ0v) is 13.4. The molecule has 2 aromatic rings. The molecule has 3 rings (SSSR count). The second-order valence-corrected chi connectivity index (χ2v) is 6.60. The Morgan fingerprint density at radius 1 is 0.952 bits per heavy atom. The predicted molar refractivity (Wildman–Crippen MR) is 89.6 cm³/mol. The molecule has 1 saturated carbocycles. The first kappa shape index (κ1) is 14.6. The van der Waals surface area contributed by atoms with Gasteiger partial charge >= 0.3 is 0 Å². The van der Waals surface area contributed by atoms with E-state index >= 15 is 0 Å². The zero-order valence-electron chi connectivity index (χ0n) is 12.6. The van der Waals surface area contributed by atoms with Crippen molar-refractivity contribution in [1.29, 1.82) is 0 Å². The molecule has 2 aromatic carbocycles. The van der Waals surface area contributed by atoms with Crippen LogP contribution in [-0.4, -0.2) is 0 Å². The highest BCUT2D eigenvalue weighted by atomic mass is 35.5. The van der Waals surface area contributed by atoms with Crippen molar-refractivity contribution >= 4 is 11.6 Å². The van der Waals surface area contributed by atoms with Gasteiger partial charge in [0, 0.05) is 17.1 Å². The molecule has 0 amide bonds. The highest BCUT2D eigenvalue weighted by Crippen LogP contribution is 2.42. The van der Waals surface area contributed by atoms with E-state index in [4.69, 9.17) is 11.6 Å². The average Bonchev–Trinajstić information content (AvgIpc) is 3.31. The van der Waals surface area contributed by atoms with Gasteiger partial charge in [-0.2, -0.15) is 0 Å². The normalized spacial score (nSPS) is 17.5. The Labute approximate surface area is 132 Å². The van der Waals surface area contributed by atoms with Crippen LogP contribution in [0.2, 0.25) is 5.02 Å². The Hall–Kier alpha value is -1.31. The van der Waals surface area contributed by atoms with Crippen molar-refractivity contribution in [1.82, 2.24) is 5.32 Å². The van der Waals surface area contributed by atoms with E-state index < -0.39 is 0 Å². The smallest absolute Gasteiger partial charge is 0.0406 e. The Morgan fingerprint density at radius 3 is 2.10 bits per heavy atom. The minimum atomic E-state index is 0.328. The first-order valence-corrected chi connectivity index (χ1v) is 8.09. The lowest BCUT2D eigenvalue weighted by atomic mass is 9.98. The second kappa shape index (κ2) is 6.21. The maximum atomic E-state index is 5.97. The van der Waals surface area contributed by atoms with E-state index in [-0.39, 0.29) is 0 Å². The third-order valence-electron chi connectivity index (χ3n) is 4.33. The maximum Gasteiger partial charge on any atom is 0.0406 e. The van der Waals surface area contributed by atoms with Crippen LogP contribution >= 0.6 is 11.6 Å². The minimum Gasteiger partial charge on any atom is -0.303 e. The molecule has 1 N–H and O–H groups in total. The van der Waals surface area contributed by atoms with Gasteiger partial charge in [-0.3, -0.25) is 0 Å². The highest BCUT2D eigenvalue weighted by Gasteiger charge is 2.33. The molecule has 0 aliphatic heterocycles. The number of aryl methyl sites for hydroxylation is 1. The molecule has 21 heavy (non-hydrogen) atoms. The number of benzene rings is 2. The molecule has 0 bridgehead atoms. The van der Waals surface area contributed by atoms with Gasteiger partial charge in [0.1, 0.15) is 0 Å². The Balaban J connectivity index is 1.76. The van der Waals surface area contributed by atoms with Gasteiger partial charge in [0.2, 0.25) is 0 Å². The molecule has 2 heteroatoms. The molecule has 110 valence electrons. The number of rotatable bonds is 5. The SMILES string of the molecule is Cc1ccc(C(N[C@@H](C)c2ccc(Cl)cc2)C2CC2)cc1. The lowest BCUT2D eigenvalue weighted by Gasteiger charge is -2.24. The molecule has 0 heterocycles. The van der Waals surface area contributed by atoms with Gasteiger partial charge in [0.25, 0.3) is 0 Å². The molecule has 0 radical (unpaired) electrons. The summed E-state index contributed by atoms with van der Waals surface area (Å²) in [6, 6.07) is 17.9. The molecule has 1 aliphatic carbocycles. The molecule has 1 unspecified atom stereocenters. The molecular formula is C19H22ClN. The quantitative estimate of drug-likeness (QED) is 0.774. The van der Waals surface area contributed by atoms with Crippen molar-refractivity contribution < 1.29 is 0 Å². The highest BCUT2D eigenvalue weighted by molar-refractivity contribution is 6.30. The summed E-state index contributed by atoms with van der Waals surface area (Å²) in [6.07, 6.45) is 2.66. The van der Waals surface area contributed by atoms with Crippen LogP contribution in [0, 0.1) is 12.8 Å². The topological polar surface area (TPSA) is 12.0 Å². The van der Waals surface area contributed by atoms with E-state index in [0.29, 0.717) is 12.1 Å². The molecular weight excluding hydrogens is 278 g/mol. The van der Waals surface area contributed by atoms with Gasteiger partial charge in [0.05, 0.1) is 0 Å². The van der Waals surface area contributed by atoms with Gasteiger partial charge in [-0.25, -0.2) is 0 Å². The van der Waals surface area contributed by atoms with E-state index in [2.05, 4.69) is 55.6 Å². The van der Waals surface area contributed by atoms with Crippen LogP contribution in [0.15, 0.2) is 48.5 Å². The van der Waals surface area contributed by atoms with Crippen LogP contribution in [0.1, 0.15) is 48.5 Å². The fourth-order valence-corrected chi connectivity index (χ4v) is 2.95. The fraction of sp³-hybridized carbons (Fsp3) is 0.368. The summed E-state index contributed by atoms with van der Waals surface area (Å²) in [7, 11) is 0. The van der Waals surface area contributed by atoms with Crippen molar-refractivity contribution in [2.24, 2.45) is 5.92 Å². The zero-order chi connectivity index (χ0) is 14.8. The predicted octanol–water partition coefficient (Wildman–Crippen LogP) is 5.45. The molecule has 1 fully saturated rings. The van der Waals surface area contributed by atoms with Gasteiger partial charge in [-0.15, -0.1) is 0 Å². The largest absolute Gasteiger partial charge is 0.303 e. The van der Waals surface area contributed by atoms with Crippen molar-refractivity contribution in [2.45, 2.75) is 38.8 Å². The number of nitrogens with one attached hydrogen (secondary N) is 1. The van der Waals surface area contributed by atoms with Crippen molar-refractivity contribution in [3.8, 4) is 0 Å². The minimum absolute atomic E-state index is 0.328. The Morgan fingerprint density at radius 2 is 1.52 bits per heavy atom. The molecule has 0 saturated heterocycles. The van der Waals surface area contributed by atoms with E-state index in [9.17, 15) is 0 Å². The van der Waals surface area contributed by atoms with Gasteiger partial charge < -0.3 is 5.32 Å². The first-order chi connectivity index (χ1) is 10.1. The van der Waals surface area contributed by atoms with E-state index in [1.165, 1.54) is 29.5 Å². The summed E-state index contributed by atoms with van der Waals surface area (Å²) >= 11 is 5.97. The van der Waals surface area contributed by atoms with Gasteiger partial charge in [-0.05, 0) is 55.9 Å².